The van der Waals surface area contributed by atoms with E-state index in [0.717, 1.165) is 11.4 Å². The standard InChI is InChI=1S/C17H17Cl/c1-13(15-7-4-3-5-8-15)11-14(2)16-9-6-10-17(18)12-16/h3-10,12,14H,1,11H2,2H3. The minimum Gasteiger partial charge on any atom is -0.0952 e. The average molecular weight is 257 g/mol. The Balaban J connectivity index is 2.08. The van der Waals surface area contributed by atoms with Crippen molar-refractivity contribution < 1.29 is 0 Å². The second-order valence-corrected chi connectivity index (χ2v) is 5.07. The summed E-state index contributed by atoms with van der Waals surface area (Å²) < 4.78 is 0. The van der Waals surface area contributed by atoms with Crippen molar-refractivity contribution in [2.24, 2.45) is 0 Å². The van der Waals surface area contributed by atoms with E-state index in [0.29, 0.717) is 5.92 Å². The van der Waals surface area contributed by atoms with Crippen molar-refractivity contribution in [3.63, 3.8) is 0 Å². The van der Waals surface area contributed by atoms with Gasteiger partial charge in [0.2, 0.25) is 0 Å². The van der Waals surface area contributed by atoms with Gasteiger partial charge in [-0.1, -0.05) is 67.6 Å². The Kier molecular flexibility index (Phi) is 4.22. The molecule has 2 aromatic rings. The first-order chi connectivity index (χ1) is 8.66. The molecule has 2 aromatic carbocycles. The van der Waals surface area contributed by atoms with Gasteiger partial charge in [0.05, 0.1) is 0 Å². The molecule has 0 fully saturated rings. The molecule has 0 amide bonds. The highest BCUT2D eigenvalue weighted by Crippen LogP contribution is 2.28. The van der Waals surface area contributed by atoms with E-state index in [1.807, 2.05) is 36.4 Å². The number of benzene rings is 2. The van der Waals surface area contributed by atoms with Crippen LogP contribution in [0.2, 0.25) is 5.02 Å². The molecular formula is C17H17Cl. The first-order valence-electron chi connectivity index (χ1n) is 6.15. The van der Waals surface area contributed by atoms with Gasteiger partial charge >= 0.3 is 0 Å². The maximum atomic E-state index is 6.02. The Hall–Kier alpha value is -1.53. The van der Waals surface area contributed by atoms with Gasteiger partial charge in [0.1, 0.15) is 0 Å². The second kappa shape index (κ2) is 5.88. The fourth-order valence-corrected chi connectivity index (χ4v) is 2.29. The minimum absolute atomic E-state index is 0.427. The molecule has 0 saturated heterocycles. The van der Waals surface area contributed by atoms with Gasteiger partial charge in [-0.25, -0.2) is 0 Å². The third-order valence-electron chi connectivity index (χ3n) is 3.15. The van der Waals surface area contributed by atoms with Crippen LogP contribution >= 0.6 is 11.6 Å². The molecule has 0 aliphatic rings. The summed E-state index contributed by atoms with van der Waals surface area (Å²) in [7, 11) is 0. The van der Waals surface area contributed by atoms with E-state index >= 15 is 0 Å². The van der Waals surface area contributed by atoms with Crippen LogP contribution in [0.5, 0.6) is 0 Å². The number of hydrogen-bond acceptors (Lipinski definition) is 0. The summed E-state index contributed by atoms with van der Waals surface area (Å²) in [6, 6.07) is 18.4. The predicted molar refractivity (Wildman–Crippen MR) is 80.0 cm³/mol. The lowest BCUT2D eigenvalue weighted by atomic mass is 9.91. The monoisotopic (exact) mass is 256 g/mol. The smallest absolute Gasteiger partial charge is 0.0408 e. The summed E-state index contributed by atoms with van der Waals surface area (Å²) in [6.07, 6.45) is 0.949. The van der Waals surface area contributed by atoms with Crippen molar-refractivity contribution in [3.05, 3.63) is 77.3 Å². The van der Waals surface area contributed by atoms with Gasteiger partial charge in [-0.2, -0.15) is 0 Å². The van der Waals surface area contributed by atoms with Crippen LogP contribution in [0.1, 0.15) is 30.4 Å². The van der Waals surface area contributed by atoms with Crippen LogP contribution in [0.25, 0.3) is 5.57 Å². The van der Waals surface area contributed by atoms with Gasteiger partial charge in [0.15, 0.2) is 0 Å². The summed E-state index contributed by atoms with van der Waals surface area (Å²) in [6.45, 7) is 6.39. The van der Waals surface area contributed by atoms with Crippen molar-refractivity contribution in [2.45, 2.75) is 19.3 Å². The molecule has 1 atom stereocenters. The van der Waals surface area contributed by atoms with E-state index in [1.165, 1.54) is 16.7 Å². The molecule has 0 aliphatic carbocycles. The van der Waals surface area contributed by atoms with Crippen molar-refractivity contribution in [1.82, 2.24) is 0 Å². The first-order valence-corrected chi connectivity index (χ1v) is 6.53. The predicted octanol–water partition coefficient (Wildman–Crippen LogP) is 5.55. The van der Waals surface area contributed by atoms with Gasteiger partial charge in [0, 0.05) is 5.02 Å². The molecule has 0 aromatic heterocycles. The number of allylic oxidation sites excluding steroid dienone is 1. The normalized spacial score (nSPS) is 12.1. The largest absolute Gasteiger partial charge is 0.0952 e. The van der Waals surface area contributed by atoms with Crippen molar-refractivity contribution in [2.75, 3.05) is 0 Å². The topological polar surface area (TPSA) is 0 Å². The van der Waals surface area contributed by atoms with Gasteiger partial charge in [-0.15, -0.1) is 0 Å². The molecule has 0 radical (unpaired) electrons. The van der Waals surface area contributed by atoms with Crippen LogP contribution < -0.4 is 0 Å². The maximum absolute atomic E-state index is 6.02. The first kappa shape index (κ1) is 12.9. The molecule has 0 N–H and O–H groups in total. The highest BCUT2D eigenvalue weighted by atomic mass is 35.5. The zero-order valence-corrected chi connectivity index (χ0v) is 11.3. The minimum atomic E-state index is 0.427. The molecule has 1 heteroatoms. The molecule has 0 heterocycles. The number of rotatable bonds is 4. The molecule has 18 heavy (non-hydrogen) atoms. The quantitative estimate of drug-likeness (QED) is 0.673. The summed E-state index contributed by atoms with van der Waals surface area (Å²) in [4.78, 5) is 0. The van der Waals surface area contributed by atoms with Gasteiger partial charge in [0.25, 0.3) is 0 Å². The molecule has 0 bridgehead atoms. The van der Waals surface area contributed by atoms with E-state index in [4.69, 9.17) is 11.6 Å². The van der Waals surface area contributed by atoms with Crippen LogP contribution in [-0.2, 0) is 0 Å². The van der Waals surface area contributed by atoms with Gasteiger partial charge in [-0.05, 0) is 41.2 Å². The summed E-state index contributed by atoms with van der Waals surface area (Å²) in [5, 5.41) is 0.796. The lowest BCUT2D eigenvalue weighted by Crippen LogP contribution is -1.95. The van der Waals surface area contributed by atoms with E-state index < -0.39 is 0 Å². The molecule has 1 unspecified atom stereocenters. The fraction of sp³-hybridized carbons (Fsp3) is 0.176. The van der Waals surface area contributed by atoms with Crippen LogP contribution in [0.15, 0.2) is 61.2 Å². The third kappa shape index (κ3) is 3.24. The van der Waals surface area contributed by atoms with Gasteiger partial charge in [-0.3, -0.25) is 0 Å². The Labute approximate surface area is 114 Å². The van der Waals surface area contributed by atoms with Crippen LogP contribution in [0, 0.1) is 0 Å². The molecule has 0 nitrogen and oxygen atoms in total. The Morgan fingerprint density at radius 2 is 1.83 bits per heavy atom. The van der Waals surface area contributed by atoms with E-state index in [-0.39, 0.29) is 0 Å². The molecule has 0 spiro atoms. The molecule has 0 saturated carbocycles. The van der Waals surface area contributed by atoms with E-state index in [2.05, 4.69) is 31.7 Å². The van der Waals surface area contributed by atoms with Crippen molar-refractivity contribution in [3.8, 4) is 0 Å². The third-order valence-corrected chi connectivity index (χ3v) is 3.39. The summed E-state index contributed by atoms with van der Waals surface area (Å²) >= 11 is 6.02. The Morgan fingerprint density at radius 3 is 2.50 bits per heavy atom. The maximum Gasteiger partial charge on any atom is 0.0408 e. The second-order valence-electron chi connectivity index (χ2n) is 4.63. The van der Waals surface area contributed by atoms with Gasteiger partial charge < -0.3 is 0 Å². The van der Waals surface area contributed by atoms with Crippen molar-refractivity contribution in [1.29, 1.82) is 0 Å². The summed E-state index contributed by atoms with van der Waals surface area (Å²) in [5.41, 5.74) is 3.65. The fourth-order valence-electron chi connectivity index (χ4n) is 2.09. The zero-order valence-electron chi connectivity index (χ0n) is 10.6. The zero-order chi connectivity index (χ0) is 13.0. The molecule has 2 rings (SSSR count). The molecular weight excluding hydrogens is 240 g/mol. The van der Waals surface area contributed by atoms with E-state index in [1.54, 1.807) is 0 Å². The summed E-state index contributed by atoms with van der Waals surface area (Å²) in [5.74, 6) is 0.427. The number of hydrogen-bond donors (Lipinski definition) is 0. The molecule has 92 valence electrons. The Bertz CT molecular complexity index is 528. The number of halogens is 1. The average Bonchev–Trinajstić information content (AvgIpc) is 2.39. The van der Waals surface area contributed by atoms with Crippen molar-refractivity contribution >= 4 is 17.2 Å². The SMILES string of the molecule is C=C(CC(C)c1cccc(Cl)c1)c1ccccc1. The Morgan fingerprint density at radius 1 is 1.11 bits per heavy atom. The van der Waals surface area contributed by atoms with Crippen LogP contribution in [-0.4, -0.2) is 0 Å². The van der Waals surface area contributed by atoms with Crippen LogP contribution in [0.3, 0.4) is 0 Å². The lowest BCUT2D eigenvalue weighted by Gasteiger charge is -2.14. The van der Waals surface area contributed by atoms with E-state index in [9.17, 15) is 0 Å². The highest BCUT2D eigenvalue weighted by Gasteiger charge is 2.08. The molecule has 0 aliphatic heterocycles. The highest BCUT2D eigenvalue weighted by molar-refractivity contribution is 6.30. The van der Waals surface area contributed by atoms with Crippen LogP contribution in [0.4, 0.5) is 0 Å². The lowest BCUT2D eigenvalue weighted by molar-refractivity contribution is 0.793.